The molecule has 0 bridgehead atoms. The van der Waals surface area contributed by atoms with Gasteiger partial charge in [-0.25, -0.2) is 9.18 Å². The van der Waals surface area contributed by atoms with Gasteiger partial charge in [0.2, 0.25) is 0 Å². The van der Waals surface area contributed by atoms with Gasteiger partial charge in [0.1, 0.15) is 11.6 Å². The first-order valence-electron chi connectivity index (χ1n) is 7.11. The van der Waals surface area contributed by atoms with Crippen LogP contribution in [0.4, 0.5) is 4.39 Å². The Kier molecular flexibility index (Phi) is 3.39. The number of hydrogen-bond acceptors (Lipinski definition) is 3. The molecule has 1 aliphatic rings. The fourth-order valence-electron chi connectivity index (χ4n) is 2.99. The predicted octanol–water partition coefficient (Wildman–Crippen LogP) is 2.62. The van der Waals surface area contributed by atoms with Crippen LogP contribution >= 0.6 is 0 Å². The van der Waals surface area contributed by atoms with Crippen LogP contribution in [0.2, 0.25) is 0 Å². The second-order valence-corrected chi connectivity index (χ2v) is 5.59. The number of carbonyl (C=O) groups is 1. The number of nitrogens with zero attached hydrogens (tertiary/aromatic N) is 2. The molecular formula is C16H17FN2O3. The number of halogens is 1. The van der Waals surface area contributed by atoms with Crippen molar-refractivity contribution in [1.82, 2.24) is 9.78 Å². The van der Waals surface area contributed by atoms with Gasteiger partial charge in [-0.2, -0.15) is 5.10 Å². The van der Waals surface area contributed by atoms with E-state index in [9.17, 15) is 14.3 Å². The summed E-state index contributed by atoms with van der Waals surface area (Å²) in [6.07, 6.45) is -0.0694. The first-order chi connectivity index (χ1) is 10.4. The summed E-state index contributed by atoms with van der Waals surface area (Å²) in [6, 6.07) is 2.80. The molecule has 3 rings (SSSR count). The molecule has 1 atom stereocenters. The zero-order chi connectivity index (χ0) is 16.0. The molecule has 2 heterocycles. The summed E-state index contributed by atoms with van der Waals surface area (Å²) in [4.78, 5) is 11.2. The Balaban J connectivity index is 2.20. The largest absolute Gasteiger partial charge is 0.479 e. The third-order valence-corrected chi connectivity index (χ3v) is 4.12. The second kappa shape index (κ2) is 5.12. The molecule has 1 aliphatic heterocycles. The lowest BCUT2D eigenvalue weighted by molar-refractivity contribution is -0.145. The molecular weight excluding hydrogens is 287 g/mol. The Hall–Kier alpha value is -2.37. The fraction of sp³-hybridized carbons (Fsp3) is 0.375. The SMILES string of the molecule is Cc1nn(C)c(C)c1-c1cc(F)cc2c1OC(C(=O)O)CC2. The summed E-state index contributed by atoms with van der Waals surface area (Å²) >= 11 is 0. The highest BCUT2D eigenvalue weighted by atomic mass is 19.1. The molecule has 0 fully saturated rings. The molecule has 0 amide bonds. The van der Waals surface area contributed by atoms with Gasteiger partial charge in [0, 0.05) is 23.9 Å². The van der Waals surface area contributed by atoms with Crippen molar-refractivity contribution in [1.29, 1.82) is 0 Å². The van der Waals surface area contributed by atoms with E-state index in [1.165, 1.54) is 12.1 Å². The first-order valence-corrected chi connectivity index (χ1v) is 7.11. The topological polar surface area (TPSA) is 64.4 Å². The number of fused-ring (bicyclic) bond motifs is 1. The summed E-state index contributed by atoms with van der Waals surface area (Å²) in [5.41, 5.74) is 3.71. The lowest BCUT2D eigenvalue weighted by atomic mass is 9.94. The number of aliphatic carboxylic acids is 1. The first kappa shape index (κ1) is 14.6. The van der Waals surface area contributed by atoms with Crippen LogP contribution in [0.1, 0.15) is 23.4 Å². The zero-order valence-electron chi connectivity index (χ0n) is 12.7. The Morgan fingerprint density at radius 1 is 1.45 bits per heavy atom. The summed E-state index contributed by atoms with van der Waals surface area (Å²) in [5, 5.41) is 13.5. The minimum Gasteiger partial charge on any atom is -0.479 e. The highest BCUT2D eigenvalue weighted by Gasteiger charge is 2.29. The minimum atomic E-state index is -0.999. The van der Waals surface area contributed by atoms with Crippen molar-refractivity contribution in [2.75, 3.05) is 0 Å². The van der Waals surface area contributed by atoms with Crippen molar-refractivity contribution in [2.24, 2.45) is 7.05 Å². The molecule has 0 radical (unpaired) electrons. The van der Waals surface area contributed by atoms with E-state index < -0.39 is 12.1 Å². The van der Waals surface area contributed by atoms with Gasteiger partial charge < -0.3 is 9.84 Å². The smallest absolute Gasteiger partial charge is 0.344 e. The molecule has 1 aromatic carbocycles. The quantitative estimate of drug-likeness (QED) is 0.926. The van der Waals surface area contributed by atoms with E-state index in [0.717, 1.165) is 17.0 Å². The number of benzene rings is 1. The van der Waals surface area contributed by atoms with Crippen molar-refractivity contribution in [2.45, 2.75) is 32.8 Å². The number of ether oxygens (including phenoxy) is 1. The maximum Gasteiger partial charge on any atom is 0.344 e. The molecule has 5 nitrogen and oxygen atoms in total. The standard InChI is InChI=1S/C16H17FN2O3/c1-8-14(9(2)19(3)18-8)12-7-11(17)6-10-4-5-13(16(20)21)22-15(10)12/h6-7,13H,4-5H2,1-3H3,(H,20,21). The van der Waals surface area contributed by atoms with E-state index in [2.05, 4.69) is 5.10 Å². The molecule has 1 unspecified atom stereocenters. The highest BCUT2D eigenvalue weighted by molar-refractivity contribution is 5.79. The van der Waals surface area contributed by atoms with Gasteiger partial charge in [0.05, 0.1) is 5.69 Å². The summed E-state index contributed by atoms with van der Waals surface area (Å²) < 4.78 is 21.3. The Morgan fingerprint density at radius 3 is 2.77 bits per heavy atom. The van der Waals surface area contributed by atoms with E-state index in [1.807, 2.05) is 20.9 Å². The number of aryl methyl sites for hydroxylation is 3. The van der Waals surface area contributed by atoms with Gasteiger partial charge >= 0.3 is 5.97 Å². The van der Waals surface area contributed by atoms with Gasteiger partial charge in [0.25, 0.3) is 0 Å². The lowest BCUT2D eigenvalue weighted by Crippen LogP contribution is -2.31. The normalized spacial score (nSPS) is 17.0. The van der Waals surface area contributed by atoms with Crippen molar-refractivity contribution in [3.8, 4) is 16.9 Å². The molecule has 0 saturated carbocycles. The van der Waals surface area contributed by atoms with Crippen molar-refractivity contribution < 1.29 is 19.0 Å². The molecule has 1 N–H and O–H groups in total. The molecule has 0 spiro atoms. The van der Waals surface area contributed by atoms with E-state index in [4.69, 9.17) is 4.74 Å². The molecule has 22 heavy (non-hydrogen) atoms. The number of carboxylic acids is 1. The van der Waals surface area contributed by atoms with Crippen LogP contribution < -0.4 is 4.74 Å². The van der Waals surface area contributed by atoms with Gasteiger partial charge in [-0.05, 0) is 44.4 Å². The molecule has 116 valence electrons. The molecule has 0 aliphatic carbocycles. The fourth-order valence-corrected chi connectivity index (χ4v) is 2.99. The third kappa shape index (κ3) is 2.24. The number of hydrogen-bond donors (Lipinski definition) is 1. The van der Waals surface area contributed by atoms with E-state index >= 15 is 0 Å². The van der Waals surface area contributed by atoms with Gasteiger partial charge in [-0.1, -0.05) is 0 Å². The summed E-state index contributed by atoms with van der Waals surface area (Å²) in [7, 11) is 1.82. The average molecular weight is 304 g/mol. The van der Waals surface area contributed by atoms with Crippen LogP contribution in [-0.2, 0) is 18.3 Å². The van der Waals surface area contributed by atoms with Crippen molar-refractivity contribution in [3.05, 3.63) is 34.9 Å². The van der Waals surface area contributed by atoms with Gasteiger partial charge in [0.15, 0.2) is 6.10 Å². The van der Waals surface area contributed by atoms with Gasteiger partial charge in [-0.3, -0.25) is 4.68 Å². The van der Waals surface area contributed by atoms with Gasteiger partial charge in [-0.15, -0.1) is 0 Å². The molecule has 1 aromatic heterocycles. The average Bonchev–Trinajstić information content (AvgIpc) is 2.70. The monoisotopic (exact) mass is 304 g/mol. The maximum absolute atomic E-state index is 14.0. The van der Waals surface area contributed by atoms with Crippen LogP contribution in [-0.4, -0.2) is 27.0 Å². The Morgan fingerprint density at radius 2 is 2.18 bits per heavy atom. The molecule has 0 saturated heterocycles. The maximum atomic E-state index is 14.0. The number of carboxylic acid groups (broad SMARTS) is 1. The summed E-state index contributed by atoms with van der Waals surface area (Å²) in [5.74, 6) is -0.895. The van der Waals surface area contributed by atoms with Crippen LogP contribution in [0.25, 0.3) is 11.1 Å². The zero-order valence-corrected chi connectivity index (χ0v) is 12.7. The van der Waals surface area contributed by atoms with Crippen LogP contribution in [0.5, 0.6) is 5.75 Å². The van der Waals surface area contributed by atoms with Crippen LogP contribution in [0.3, 0.4) is 0 Å². The lowest BCUT2D eigenvalue weighted by Gasteiger charge is -2.25. The molecule has 2 aromatic rings. The number of aromatic nitrogens is 2. The van der Waals surface area contributed by atoms with Crippen LogP contribution in [0.15, 0.2) is 12.1 Å². The van der Waals surface area contributed by atoms with E-state index in [1.54, 1.807) is 4.68 Å². The third-order valence-electron chi connectivity index (χ3n) is 4.12. The highest BCUT2D eigenvalue weighted by Crippen LogP contribution is 2.41. The minimum absolute atomic E-state index is 0.343. The summed E-state index contributed by atoms with van der Waals surface area (Å²) in [6.45, 7) is 3.74. The van der Waals surface area contributed by atoms with Crippen molar-refractivity contribution in [3.63, 3.8) is 0 Å². The second-order valence-electron chi connectivity index (χ2n) is 5.59. The Labute approximate surface area is 127 Å². The van der Waals surface area contributed by atoms with E-state index in [0.29, 0.717) is 29.7 Å². The van der Waals surface area contributed by atoms with E-state index in [-0.39, 0.29) is 5.82 Å². The Bertz CT molecular complexity index is 767. The van der Waals surface area contributed by atoms with Crippen LogP contribution in [0, 0.1) is 19.7 Å². The van der Waals surface area contributed by atoms with Crippen molar-refractivity contribution >= 4 is 5.97 Å². The number of rotatable bonds is 2. The molecule has 6 heteroatoms. The predicted molar refractivity (Wildman–Crippen MR) is 78.4 cm³/mol.